The zero-order chi connectivity index (χ0) is 30.5. The number of nitrogens with one attached hydrogen (secondary N) is 2. The Bertz CT molecular complexity index is 1230. The molecule has 2 rings (SSSR count). The molecule has 2 amide bonds. The molecule has 2 N–H and O–H groups in total. The molecular weight excluding hydrogens is 593 g/mol. The maximum atomic E-state index is 13.6. The van der Waals surface area contributed by atoms with Gasteiger partial charge < -0.3 is 19.9 Å². The first kappa shape index (κ1) is 33.1. The van der Waals surface area contributed by atoms with E-state index in [0.29, 0.717) is 5.69 Å². The average Bonchev–Trinajstić information content (AvgIpc) is 3.37. The van der Waals surface area contributed by atoms with E-state index < -0.39 is 41.1 Å². The fraction of sp³-hybridized carbons (Fsp3) is 0.556. The summed E-state index contributed by atoms with van der Waals surface area (Å²) in [5, 5.41) is 9.10. The van der Waals surface area contributed by atoms with Crippen LogP contribution in [0.15, 0.2) is 35.6 Å². The highest BCUT2D eigenvalue weighted by atomic mass is 79.9. The van der Waals surface area contributed by atoms with E-state index in [4.69, 9.17) is 4.74 Å². The van der Waals surface area contributed by atoms with Crippen molar-refractivity contribution in [2.75, 3.05) is 0 Å². The van der Waals surface area contributed by atoms with Crippen LogP contribution in [0.4, 0.5) is 18.0 Å². The lowest BCUT2D eigenvalue weighted by Gasteiger charge is -2.30. The second-order valence-electron chi connectivity index (χ2n) is 11.1. The summed E-state index contributed by atoms with van der Waals surface area (Å²) in [5.74, 6) is 0.361. The predicted octanol–water partition coefficient (Wildman–Crippen LogP) is 6.06. The molecule has 9 nitrogen and oxygen atoms in total. The van der Waals surface area contributed by atoms with Crippen LogP contribution in [0.2, 0.25) is 0 Å². The number of carbonyl (C=O) groups excluding carboxylic acids is 2. The second-order valence-corrected chi connectivity index (χ2v) is 12.0. The quantitative estimate of drug-likeness (QED) is 0.294. The molecular formula is C27H38BrF3N6O3. The maximum absolute atomic E-state index is 13.6. The summed E-state index contributed by atoms with van der Waals surface area (Å²) < 4.78 is 47.8. The van der Waals surface area contributed by atoms with Gasteiger partial charge >= 0.3 is 12.3 Å². The molecule has 0 aliphatic carbocycles. The van der Waals surface area contributed by atoms with Gasteiger partial charge in [-0.1, -0.05) is 26.5 Å². The molecule has 2 aromatic heterocycles. The lowest BCUT2D eigenvalue weighted by Crippen LogP contribution is -2.56. The molecule has 2 heterocycles. The number of carbonyl (C=O) groups is 2. The third-order valence-corrected chi connectivity index (χ3v) is 6.41. The summed E-state index contributed by atoms with van der Waals surface area (Å²) in [7, 11) is 0. The molecule has 222 valence electrons. The minimum atomic E-state index is -4.61. The third kappa shape index (κ3) is 9.53. The zero-order valence-corrected chi connectivity index (χ0v) is 25.5. The average molecular weight is 632 g/mol. The van der Waals surface area contributed by atoms with E-state index >= 15 is 0 Å². The van der Waals surface area contributed by atoms with Crippen LogP contribution in [0.1, 0.15) is 78.0 Å². The van der Waals surface area contributed by atoms with Crippen LogP contribution in [0.3, 0.4) is 0 Å². The lowest BCUT2D eigenvalue weighted by atomic mass is 10.0. The molecule has 0 fully saturated rings. The van der Waals surface area contributed by atoms with Crippen LogP contribution in [-0.4, -0.2) is 48.5 Å². The van der Waals surface area contributed by atoms with Crippen LogP contribution in [-0.2, 0) is 28.7 Å². The van der Waals surface area contributed by atoms with E-state index in [1.165, 1.54) is 0 Å². The van der Waals surface area contributed by atoms with E-state index in [1.807, 2.05) is 18.4 Å². The van der Waals surface area contributed by atoms with Crippen LogP contribution in [0.25, 0.3) is 6.20 Å². The molecule has 0 radical (unpaired) electrons. The zero-order valence-electron chi connectivity index (χ0n) is 23.9. The van der Waals surface area contributed by atoms with E-state index in [-0.39, 0.29) is 23.5 Å². The highest BCUT2D eigenvalue weighted by molar-refractivity contribution is 9.10. The molecule has 0 aliphatic heterocycles. The monoisotopic (exact) mass is 630 g/mol. The SMILES string of the molecule is C=C/C=C\n1c(C[C@@H](NC(=O)OC(C)(C)C)C(=O)NC(C)(C)Cn2nc(C(F)(F)F)cc2Br)cnc1C(C)CC. The molecule has 0 bridgehead atoms. The van der Waals surface area contributed by atoms with Crippen molar-refractivity contribution >= 4 is 34.1 Å². The Hall–Kier alpha value is -3.09. The fourth-order valence-electron chi connectivity index (χ4n) is 3.78. The van der Waals surface area contributed by atoms with Crippen LogP contribution >= 0.6 is 15.9 Å². The summed E-state index contributed by atoms with van der Waals surface area (Å²) in [6.45, 7) is 16.1. The highest BCUT2D eigenvalue weighted by Crippen LogP contribution is 2.30. The number of amides is 2. The summed E-state index contributed by atoms with van der Waals surface area (Å²) in [4.78, 5) is 30.8. The van der Waals surface area contributed by atoms with Gasteiger partial charge in [-0.25, -0.2) is 9.78 Å². The first-order valence-electron chi connectivity index (χ1n) is 12.8. The Balaban J connectivity index is 2.37. The standard InChI is InChI=1S/C27H38BrF3N6O3/c1-9-11-12-36-18(15-32-22(36)17(3)10-2)13-19(33-24(39)40-25(4,5)6)23(38)34-26(7,8)16-37-21(28)14-20(35-37)27(29,30)31/h9,11-12,14-15,17,19H,1,10,13,16H2,2-8H3,(H,33,39)(H,34,38)/b12-11-/t17?,19-/m1/s1. The highest BCUT2D eigenvalue weighted by Gasteiger charge is 2.36. The number of rotatable bonds is 11. The second kappa shape index (κ2) is 13.0. The minimum Gasteiger partial charge on any atom is -0.444 e. The summed E-state index contributed by atoms with van der Waals surface area (Å²) >= 11 is 3.10. The third-order valence-electron chi connectivity index (χ3n) is 5.78. The molecule has 2 atom stereocenters. The summed E-state index contributed by atoms with van der Waals surface area (Å²) in [6, 6.07) is -0.212. The van der Waals surface area contributed by atoms with Crippen LogP contribution in [0.5, 0.6) is 0 Å². The van der Waals surface area contributed by atoms with Crippen molar-refractivity contribution in [3.8, 4) is 0 Å². The molecule has 13 heteroatoms. The number of alkyl halides is 3. The van der Waals surface area contributed by atoms with Crippen molar-refractivity contribution in [1.29, 1.82) is 0 Å². The number of aromatic nitrogens is 4. The Kier molecular flexibility index (Phi) is 10.8. The first-order chi connectivity index (χ1) is 18.4. The summed E-state index contributed by atoms with van der Waals surface area (Å²) in [6.07, 6.45) is 2.31. The normalized spacial score (nSPS) is 14.2. The van der Waals surface area contributed by atoms with E-state index in [0.717, 1.165) is 23.0 Å². The van der Waals surface area contributed by atoms with Gasteiger partial charge in [0, 0.05) is 36.5 Å². The van der Waals surface area contributed by atoms with Crippen LogP contribution < -0.4 is 10.6 Å². The van der Waals surface area contributed by atoms with Crippen molar-refractivity contribution in [3.05, 3.63) is 52.8 Å². The van der Waals surface area contributed by atoms with Crippen molar-refractivity contribution in [3.63, 3.8) is 0 Å². The molecule has 0 saturated carbocycles. The van der Waals surface area contributed by atoms with Gasteiger partial charge in [-0.2, -0.15) is 18.3 Å². The van der Waals surface area contributed by atoms with Gasteiger partial charge in [0.05, 0.1) is 12.1 Å². The van der Waals surface area contributed by atoms with Crippen molar-refractivity contribution in [2.24, 2.45) is 0 Å². The van der Waals surface area contributed by atoms with Gasteiger partial charge in [0.25, 0.3) is 0 Å². The minimum absolute atomic E-state index is 0.0652. The number of nitrogens with zero attached hydrogens (tertiary/aromatic N) is 4. The van der Waals surface area contributed by atoms with E-state index in [2.05, 4.69) is 43.2 Å². The van der Waals surface area contributed by atoms with Gasteiger partial charge in [-0.15, -0.1) is 0 Å². The van der Waals surface area contributed by atoms with Crippen molar-refractivity contribution in [1.82, 2.24) is 30.0 Å². The number of allylic oxidation sites excluding steroid dienone is 2. The molecule has 1 unspecified atom stereocenters. The number of alkyl carbamates (subject to hydrolysis) is 1. The Morgan fingerprint density at radius 3 is 2.40 bits per heavy atom. The largest absolute Gasteiger partial charge is 0.444 e. The number of imidazole rings is 1. The van der Waals surface area contributed by atoms with Gasteiger partial charge in [0.15, 0.2) is 5.69 Å². The number of halogens is 4. The number of hydrogen-bond acceptors (Lipinski definition) is 5. The fourth-order valence-corrected chi connectivity index (χ4v) is 4.20. The summed E-state index contributed by atoms with van der Waals surface area (Å²) in [5.41, 5.74) is -2.24. The first-order valence-corrected chi connectivity index (χ1v) is 13.6. The number of hydrogen-bond donors (Lipinski definition) is 2. The lowest BCUT2D eigenvalue weighted by molar-refractivity contribution is -0.141. The molecule has 0 spiro atoms. The predicted molar refractivity (Wildman–Crippen MR) is 150 cm³/mol. The maximum Gasteiger partial charge on any atom is 0.435 e. The molecule has 0 aromatic carbocycles. The van der Waals surface area contributed by atoms with Gasteiger partial charge in [-0.3, -0.25) is 9.48 Å². The Morgan fingerprint density at radius 2 is 1.88 bits per heavy atom. The Labute approximate surface area is 241 Å². The van der Waals surface area contributed by atoms with Crippen molar-refractivity contribution < 1.29 is 27.5 Å². The topological polar surface area (TPSA) is 103 Å². The number of ether oxygens (including phenoxy) is 1. The van der Waals surface area contributed by atoms with Crippen LogP contribution in [0, 0.1) is 0 Å². The molecule has 2 aromatic rings. The van der Waals surface area contributed by atoms with Gasteiger partial charge in [-0.05, 0) is 63.0 Å². The van der Waals surface area contributed by atoms with Crippen molar-refractivity contribution in [2.45, 2.75) is 97.1 Å². The van der Waals surface area contributed by atoms with Gasteiger partial charge in [0.2, 0.25) is 5.91 Å². The molecule has 40 heavy (non-hydrogen) atoms. The van der Waals surface area contributed by atoms with E-state index in [9.17, 15) is 22.8 Å². The smallest absolute Gasteiger partial charge is 0.435 e. The van der Waals surface area contributed by atoms with E-state index in [1.54, 1.807) is 59.2 Å². The molecule has 0 aliphatic rings. The molecule has 0 saturated heterocycles. The van der Waals surface area contributed by atoms with Gasteiger partial charge in [0.1, 0.15) is 22.1 Å². The Morgan fingerprint density at radius 1 is 1.23 bits per heavy atom.